The summed E-state index contributed by atoms with van der Waals surface area (Å²) in [6.45, 7) is 16.2. The predicted octanol–water partition coefficient (Wildman–Crippen LogP) is 2.21. The number of aliphatic imine (C=N–C) groups is 1. The summed E-state index contributed by atoms with van der Waals surface area (Å²) in [5, 5.41) is 19.7. The van der Waals surface area contributed by atoms with Crippen molar-refractivity contribution in [2.75, 3.05) is 33.8 Å². The van der Waals surface area contributed by atoms with Crippen LogP contribution in [0.15, 0.2) is 11.2 Å². The number of aliphatic hydroxyl groups excluding tert-OH is 1. The Hall–Kier alpha value is -2.92. The Morgan fingerprint density at radius 2 is 1.85 bits per heavy atom. The van der Waals surface area contributed by atoms with Crippen LogP contribution in [0.3, 0.4) is 0 Å². The number of cyclic esters (lactones) is 1. The van der Waals surface area contributed by atoms with Crippen molar-refractivity contribution in [2.45, 2.75) is 135 Å². The molecule has 0 aromatic carbocycles. The summed E-state index contributed by atoms with van der Waals surface area (Å²) < 4.78 is 32.6. The second-order valence-electron chi connectivity index (χ2n) is 15.7. The summed E-state index contributed by atoms with van der Waals surface area (Å²) in [6, 6.07) is -0.799. The van der Waals surface area contributed by atoms with Crippen LogP contribution in [-0.4, -0.2) is 149 Å². The van der Waals surface area contributed by atoms with Gasteiger partial charge in [-0.05, 0) is 59.9 Å². The lowest BCUT2D eigenvalue weighted by atomic mass is 9.73. The number of methoxy groups -OCH3 is 1. The molecule has 1 aromatic heterocycles. The van der Waals surface area contributed by atoms with Gasteiger partial charge in [0.15, 0.2) is 17.7 Å². The van der Waals surface area contributed by atoms with Crippen molar-refractivity contribution in [3.8, 4) is 0 Å². The van der Waals surface area contributed by atoms with E-state index in [4.69, 9.17) is 36.7 Å². The van der Waals surface area contributed by atoms with E-state index in [0.717, 1.165) is 16.0 Å². The standard InChI is InChI=1S/C36H57BN6O9/c1-11-26-36(8)30-21(4)27(38-13-15-42(30)34(47)52-36)19(2)17-35(7,48-10)31(22(5)28(44)23(6)32(46)50-26)51-33-29(45)25(16-20(3)49-33)41(9)14-12-24-18-43(37)40-39-24/h18-23,25-26,29-31,33,45H,11-17H2,1-10H3/t19-,20-,21+,22+,23-,25+,26-,29-,30-,31-,33+,35-,36-/m1/s1. The molecule has 0 saturated carbocycles. The van der Waals surface area contributed by atoms with Crippen LogP contribution in [0.25, 0.3) is 0 Å². The highest BCUT2D eigenvalue weighted by Crippen LogP contribution is 2.44. The van der Waals surface area contributed by atoms with E-state index in [1.54, 1.807) is 25.1 Å². The van der Waals surface area contributed by atoms with E-state index in [1.165, 1.54) is 6.92 Å². The van der Waals surface area contributed by atoms with E-state index in [0.29, 0.717) is 45.3 Å². The molecule has 1 N–H and O–H groups in total. The van der Waals surface area contributed by atoms with Gasteiger partial charge in [-0.1, -0.05) is 32.9 Å². The number of likely N-dealkylation sites (N-methyl/N-ethyl adjacent to an activating group) is 1. The third-order valence-corrected chi connectivity index (χ3v) is 12.0. The topological polar surface area (TPSA) is 167 Å². The predicted molar refractivity (Wildman–Crippen MR) is 191 cm³/mol. The van der Waals surface area contributed by atoms with E-state index in [2.05, 4.69) is 17.2 Å². The third-order valence-electron chi connectivity index (χ3n) is 12.0. The van der Waals surface area contributed by atoms with Crippen molar-refractivity contribution < 1.29 is 43.2 Å². The Labute approximate surface area is 308 Å². The number of hydrogen-bond acceptors (Lipinski definition) is 13. The second kappa shape index (κ2) is 15.8. The van der Waals surface area contributed by atoms with Gasteiger partial charge >= 0.3 is 12.1 Å². The molecule has 1 aromatic rings. The molecule has 3 saturated heterocycles. The van der Waals surface area contributed by atoms with Crippen LogP contribution in [-0.2, 0) is 39.7 Å². The lowest BCUT2D eigenvalue weighted by Crippen LogP contribution is -2.60. The number of fused-ring (bicyclic) bond motifs is 1. The number of rotatable bonds is 8. The number of aromatic nitrogens is 3. The van der Waals surface area contributed by atoms with E-state index >= 15 is 0 Å². The number of ketones is 1. The molecule has 4 aliphatic heterocycles. The van der Waals surface area contributed by atoms with Crippen LogP contribution in [0, 0.1) is 23.7 Å². The Bertz CT molecular complexity index is 1500. The van der Waals surface area contributed by atoms with Gasteiger partial charge in [0.25, 0.3) is 7.98 Å². The van der Waals surface area contributed by atoms with Crippen LogP contribution >= 0.6 is 0 Å². The largest absolute Gasteiger partial charge is 0.458 e. The minimum absolute atomic E-state index is 0.183. The van der Waals surface area contributed by atoms with E-state index < -0.39 is 71.5 Å². The lowest BCUT2D eigenvalue weighted by Gasteiger charge is -2.47. The molecule has 1 amide bonds. The lowest BCUT2D eigenvalue weighted by molar-refractivity contribution is -0.295. The fourth-order valence-electron chi connectivity index (χ4n) is 9.11. The summed E-state index contributed by atoms with van der Waals surface area (Å²) in [5.41, 5.74) is -0.683. The summed E-state index contributed by atoms with van der Waals surface area (Å²) in [7, 11) is 9.16. The van der Waals surface area contributed by atoms with Crippen molar-refractivity contribution in [3.63, 3.8) is 0 Å². The SMILES string of the molecule is [B]n1cc(CCN(C)[C@H]2C[C@@H](C)O[C@@H](O[C@@H]3[C@@H](C)C(=O)[C@@H](C)C(=O)O[C@H](CC)[C@@]4(C)OC(=O)N5CCN=C([C@H](C)C[C@@]3(C)OC)[C@H](C)[C@@H]54)[C@@H]2O)nn1. The molecule has 16 heteroatoms. The first-order chi connectivity index (χ1) is 24.4. The fraction of sp³-hybridized carbons (Fsp3) is 0.833. The minimum Gasteiger partial charge on any atom is -0.458 e. The van der Waals surface area contributed by atoms with Gasteiger partial charge in [-0.25, -0.2) is 4.79 Å². The van der Waals surface area contributed by atoms with Crippen molar-refractivity contribution in [1.82, 2.24) is 24.7 Å². The van der Waals surface area contributed by atoms with Gasteiger partial charge in [0.05, 0.1) is 36.1 Å². The molecule has 2 radical (unpaired) electrons. The molecule has 13 atom stereocenters. The van der Waals surface area contributed by atoms with Crippen LogP contribution in [0.4, 0.5) is 4.79 Å². The Kier molecular flexibility index (Phi) is 12.3. The average molecular weight is 729 g/mol. The number of aliphatic hydroxyl groups is 1. The van der Waals surface area contributed by atoms with E-state index in [9.17, 15) is 19.5 Å². The number of hydrogen-bond donors (Lipinski definition) is 1. The normalized spacial score (nSPS) is 40.5. The molecule has 3 fully saturated rings. The smallest absolute Gasteiger partial charge is 0.410 e. The monoisotopic (exact) mass is 728 g/mol. The van der Waals surface area contributed by atoms with E-state index in [-0.39, 0.29) is 24.0 Å². The summed E-state index contributed by atoms with van der Waals surface area (Å²) in [4.78, 5) is 50.2. The van der Waals surface area contributed by atoms with Gasteiger partial charge in [0, 0.05) is 56.4 Å². The summed E-state index contributed by atoms with van der Waals surface area (Å²) in [5.74, 6) is -3.61. The van der Waals surface area contributed by atoms with Gasteiger partial charge in [0.2, 0.25) is 0 Å². The van der Waals surface area contributed by atoms with E-state index in [1.807, 2.05) is 46.6 Å². The molecule has 2 bridgehead atoms. The zero-order chi connectivity index (χ0) is 38.3. The first kappa shape index (κ1) is 40.3. The molecular formula is C36H57BN6O9. The minimum atomic E-state index is -1.17. The van der Waals surface area contributed by atoms with Gasteiger partial charge in [0.1, 0.15) is 18.1 Å². The van der Waals surface area contributed by atoms with Crippen molar-refractivity contribution in [2.24, 2.45) is 28.7 Å². The van der Waals surface area contributed by atoms with Crippen molar-refractivity contribution >= 4 is 31.5 Å². The van der Waals surface area contributed by atoms with Crippen LogP contribution < -0.4 is 0 Å². The number of amides is 1. The first-order valence-corrected chi connectivity index (χ1v) is 18.6. The van der Waals surface area contributed by atoms with Crippen LogP contribution in [0.1, 0.15) is 80.3 Å². The molecule has 0 spiro atoms. The fourth-order valence-corrected chi connectivity index (χ4v) is 9.11. The Morgan fingerprint density at radius 3 is 2.48 bits per heavy atom. The highest BCUT2D eigenvalue weighted by Gasteiger charge is 2.60. The van der Waals surface area contributed by atoms with Crippen LogP contribution in [0.5, 0.6) is 0 Å². The Morgan fingerprint density at radius 1 is 1.13 bits per heavy atom. The maximum Gasteiger partial charge on any atom is 0.410 e. The maximum absolute atomic E-state index is 14.3. The molecule has 0 aliphatic carbocycles. The quantitative estimate of drug-likeness (QED) is 0.236. The summed E-state index contributed by atoms with van der Waals surface area (Å²) in [6.07, 6.45) is -1.18. The molecule has 15 nitrogen and oxygen atoms in total. The second-order valence-corrected chi connectivity index (χ2v) is 15.7. The number of Topliss-reactive ketones (excluding diaryl/α,β-unsaturated/α-hetero) is 1. The average Bonchev–Trinajstić information content (AvgIpc) is 3.57. The van der Waals surface area contributed by atoms with Gasteiger partial charge < -0.3 is 38.3 Å². The molecule has 5 rings (SSSR count). The van der Waals surface area contributed by atoms with Gasteiger partial charge in [-0.15, -0.1) is 5.10 Å². The first-order valence-electron chi connectivity index (χ1n) is 18.6. The zero-order valence-electron chi connectivity index (χ0n) is 32.4. The van der Waals surface area contributed by atoms with Crippen molar-refractivity contribution in [3.05, 3.63) is 11.9 Å². The van der Waals surface area contributed by atoms with Crippen LogP contribution in [0.2, 0.25) is 0 Å². The van der Waals surface area contributed by atoms with Gasteiger partial charge in [-0.3, -0.25) is 19.5 Å². The maximum atomic E-state index is 14.3. The molecule has 4 aliphatic rings. The number of carbonyl (C=O) groups is 3. The number of ether oxygens (including phenoxy) is 5. The highest BCUT2D eigenvalue weighted by molar-refractivity contribution is 6.05. The number of nitrogens with zero attached hydrogens (tertiary/aromatic N) is 6. The highest BCUT2D eigenvalue weighted by atomic mass is 16.7. The molecule has 5 heterocycles. The Balaban J connectivity index is 1.49. The number of esters is 1. The molecule has 0 unspecified atom stereocenters. The van der Waals surface area contributed by atoms with Crippen molar-refractivity contribution in [1.29, 1.82) is 0 Å². The molecule has 288 valence electrons. The number of carbonyl (C=O) groups excluding carboxylic acids is 3. The molecule has 52 heavy (non-hydrogen) atoms. The summed E-state index contributed by atoms with van der Waals surface area (Å²) >= 11 is 0. The third kappa shape index (κ3) is 7.68. The zero-order valence-corrected chi connectivity index (χ0v) is 32.4. The van der Waals surface area contributed by atoms with Gasteiger partial charge in [-0.2, -0.15) is 0 Å². The molecular weight excluding hydrogens is 671 g/mol.